The van der Waals surface area contributed by atoms with Crippen LogP contribution in [0.2, 0.25) is 0 Å². The van der Waals surface area contributed by atoms with Gasteiger partial charge in [0, 0.05) is 24.2 Å². The van der Waals surface area contributed by atoms with E-state index in [1.807, 2.05) is 0 Å². The predicted octanol–water partition coefficient (Wildman–Crippen LogP) is 2.04. The second-order valence-corrected chi connectivity index (χ2v) is 5.60. The van der Waals surface area contributed by atoms with Crippen LogP contribution in [0.3, 0.4) is 0 Å². The number of benzene rings is 1. The number of anilines is 4. The Morgan fingerprint density at radius 3 is 3.04 bits per heavy atom. The Kier molecular flexibility index (Phi) is 3.45. The Morgan fingerprint density at radius 1 is 1.30 bits per heavy atom. The van der Waals surface area contributed by atoms with Gasteiger partial charge in [0.25, 0.3) is 0 Å². The van der Waals surface area contributed by atoms with Crippen LogP contribution in [-0.4, -0.2) is 47.9 Å². The molecule has 3 heterocycles. The van der Waals surface area contributed by atoms with Crippen molar-refractivity contribution in [3.05, 3.63) is 30.5 Å². The second-order valence-electron chi connectivity index (χ2n) is 5.60. The number of para-hydroxylation sites is 1. The molecule has 0 saturated carbocycles. The quantitative estimate of drug-likeness (QED) is 0.554. The topological polar surface area (TPSA) is 114 Å². The van der Waals surface area contributed by atoms with E-state index in [9.17, 15) is 4.79 Å². The summed E-state index contributed by atoms with van der Waals surface area (Å²) in [7, 11) is 1.48. The lowest BCUT2D eigenvalue weighted by molar-refractivity contribution is 0.172. The number of carbonyl (C=O) groups excluding carboxylic acids is 1. The van der Waals surface area contributed by atoms with Crippen molar-refractivity contribution < 1.29 is 18.4 Å². The van der Waals surface area contributed by atoms with Crippen molar-refractivity contribution >= 4 is 34.7 Å². The number of rotatable bonds is 4. The molecule has 0 saturated heterocycles. The molecule has 0 fully saturated rings. The van der Waals surface area contributed by atoms with Crippen LogP contribution in [-0.2, 0) is 0 Å². The van der Waals surface area contributed by atoms with Crippen molar-refractivity contribution in [1.29, 1.82) is 0 Å². The van der Waals surface area contributed by atoms with Crippen LogP contribution < -0.4 is 30.7 Å². The number of nitrogens with zero attached hydrogens (tertiary/aromatic N) is 3. The van der Waals surface area contributed by atoms with Crippen molar-refractivity contribution in [2.75, 3.05) is 43.2 Å². The monoisotopic (exact) mass is 372 g/mol. The smallest absolute Gasteiger partial charge is 0.319 e. The van der Waals surface area contributed by atoms with Gasteiger partial charge in [0.15, 0.2) is 17.1 Å². The number of ether oxygens (including phenoxy) is 2. The maximum Gasteiger partial charge on any atom is 0.319 e. The van der Waals surface area contributed by atoms with E-state index in [-0.39, 0.29) is 11.5 Å². The lowest BCUT2D eigenvalue weighted by Crippen LogP contribution is -2.24. The molecule has 3 aromatic rings. The van der Waals surface area contributed by atoms with E-state index in [0.29, 0.717) is 41.9 Å². The minimum atomic E-state index is -2.46. The number of aromatic nitrogens is 3. The van der Waals surface area contributed by atoms with Crippen LogP contribution in [0.4, 0.5) is 27.8 Å². The number of fused-ring (bicyclic) bond motifs is 2. The molecule has 2 amide bonds. The zero-order valence-electron chi connectivity index (χ0n) is 17.4. The summed E-state index contributed by atoms with van der Waals surface area (Å²) in [5.74, 6) is 1.61. The van der Waals surface area contributed by atoms with Gasteiger partial charge in [-0.2, -0.15) is 9.61 Å². The highest BCUT2D eigenvalue weighted by Crippen LogP contribution is 2.38. The largest absolute Gasteiger partial charge is 0.486 e. The summed E-state index contributed by atoms with van der Waals surface area (Å²) < 4.78 is 35.2. The summed E-state index contributed by atoms with van der Waals surface area (Å²) in [6.45, 7) is -1.60. The van der Waals surface area contributed by atoms with Crippen molar-refractivity contribution in [3.63, 3.8) is 0 Å². The Morgan fingerprint density at radius 2 is 2.19 bits per heavy atom. The molecule has 0 unspecified atom stereocenters. The number of hydrogen-bond donors (Lipinski definition) is 4. The first-order chi connectivity index (χ1) is 14.3. The lowest BCUT2D eigenvalue weighted by atomic mass is 10.2. The Labute approximate surface area is 159 Å². The van der Waals surface area contributed by atoms with Gasteiger partial charge in [-0.15, -0.1) is 0 Å². The van der Waals surface area contributed by atoms with Crippen molar-refractivity contribution in [2.45, 2.75) is 0 Å². The minimum Gasteiger partial charge on any atom is -0.486 e. The zero-order valence-corrected chi connectivity index (χ0v) is 14.4. The zero-order chi connectivity index (χ0) is 21.3. The first kappa shape index (κ1) is 13.5. The van der Waals surface area contributed by atoms with Crippen molar-refractivity contribution in [2.24, 2.45) is 0 Å². The third kappa shape index (κ3) is 3.12. The van der Waals surface area contributed by atoms with Crippen LogP contribution in [0.25, 0.3) is 5.65 Å². The van der Waals surface area contributed by atoms with Crippen LogP contribution in [0.1, 0.15) is 4.11 Å². The summed E-state index contributed by atoms with van der Waals surface area (Å²) in [6.07, 6.45) is 1.38. The molecule has 10 heteroatoms. The molecular formula is C17H19N7O3. The number of amides is 2. The molecule has 1 aliphatic rings. The molecule has 27 heavy (non-hydrogen) atoms. The summed E-state index contributed by atoms with van der Waals surface area (Å²) in [5, 5.41) is 14.7. The Balaban J connectivity index is 1.77. The second kappa shape index (κ2) is 6.90. The molecule has 4 N–H and O–H groups in total. The predicted molar refractivity (Wildman–Crippen MR) is 101 cm³/mol. The maximum absolute atomic E-state index is 11.7. The normalized spacial score (nSPS) is 14.6. The molecule has 0 atom stereocenters. The molecular weight excluding hydrogens is 350 g/mol. The third-order valence-corrected chi connectivity index (χ3v) is 3.90. The summed E-state index contributed by atoms with van der Waals surface area (Å²) in [5.41, 5.74) is 1.16. The number of carbonyl (C=O) groups is 1. The molecule has 4 rings (SSSR count). The maximum atomic E-state index is 11.7. The highest BCUT2D eigenvalue weighted by Gasteiger charge is 2.17. The number of nitrogens with one attached hydrogen (secondary N) is 4. The van der Waals surface area contributed by atoms with Crippen LogP contribution in [0, 0.1) is 0 Å². The lowest BCUT2D eigenvalue weighted by Gasteiger charge is -2.21. The van der Waals surface area contributed by atoms with Gasteiger partial charge >= 0.3 is 6.03 Å². The molecule has 0 radical (unpaired) electrons. The molecule has 0 spiro atoms. The fourth-order valence-corrected chi connectivity index (χ4v) is 2.70. The van der Waals surface area contributed by atoms with E-state index < -0.39 is 13.0 Å². The van der Waals surface area contributed by atoms with E-state index in [4.69, 9.17) is 13.6 Å². The fraction of sp³-hybridized carbons (Fsp3) is 0.235. The number of hydrogen-bond acceptors (Lipinski definition) is 7. The van der Waals surface area contributed by atoms with Crippen LogP contribution in [0.5, 0.6) is 11.5 Å². The minimum absolute atomic E-state index is 0.162. The Bertz CT molecular complexity index is 1100. The molecule has 10 nitrogen and oxygen atoms in total. The van der Waals surface area contributed by atoms with E-state index in [1.54, 1.807) is 18.2 Å². The highest BCUT2D eigenvalue weighted by molar-refractivity contribution is 5.93. The van der Waals surface area contributed by atoms with E-state index in [1.165, 1.54) is 23.8 Å². The fourth-order valence-electron chi connectivity index (χ4n) is 2.70. The average molecular weight is 372 g/mol. The van der Waals surface area contributed by atoms with Crippen LogP contribution >= 0.6 is 0 Å². The molecule has 0 aliphatic carbocycles. The molecule has 0 bridgehead atoms. The van der Waals surface area contributed by atoms with Gasteiger partial charge in [-0.1, -0.05) is 6.07 Å². The van der Waals surface area contributed by atoms with Gasteiger partial charge in [-0.05, 0) is 12.1 Å². The standard InChI is InChI=1S/C17H19N7O3/c1-18-14-8-13(21-10-4-3-5-12-15(10)27-7-6-26-12)23-16-11(9-20-24(14)16)22-17(25)19-2/h3-5,8-9,18H,6-7H2,1-2H3,(H,21,23)(H2,19,22,25)/i1D3. The molecule has 140 valence electrons. The van der Waals surface area contributed by atoms with Crippen LogP contribution in [0.15, 0.2) is 30.5 Å². The summed E-state index contributed by atoms with van der Waals surface area (Å²) in [6, 6.07) is 6.42. The van der Waals surface area contributed by atoms with Crippen molar-refractivity contribution in [1.82, 2.24) is 19.9 Å². The van der Waals surface area contributed by atoms with Gasteiger partial charge in [-0.25, -0.2) is 9.78 Å². The van der Waals surface area contributed by atoms with Gasteiger partial charge in [0.1, 0.15) is 30.5 Å². The molecule has 1 aromatic carbocycles. The van der Waals surface area contributed by atoms with Gasteiger partial charge < -0.3 is 30.7 Å². The first-order valence-corrected chi connectivity index (χ1v) is 8.15. The third-order valence-electron chi connectivity index (χ3n) is 3.90. The van der Waals surface area contributed by atoms with Gasteiger partial charge in [-0.3, -0.25) is 0 Å². The van der Waals surface area contributed by atoms with E-state index in [0.717, 1.165) is 0 Å². The van der Waals surface area contributed by atoms with E-state index >= 15 is 0 Å². The highest BCUT2D eigenvalue weighted by atomic mass is 16.6. The molecule has 1 aliphatic heterocycles. The van der Waals surface area contributed by atoms with Crippen molar-refractivity contribution in [3.8, 4) is 11.5 Å². The van der Waals surface area contributed by atoms with E-state index in [2.05, 4.69) is 31.3 Å². The Hall–Kier alpha value is -3.69. The summed E-state index contributed by atoms with van der Waals surface area (Å²) >= 11 is 0. The first-order valence-electron chi connectivity index (χ1n) is 9.65. The van der Waals surface area contributed by atoms with Gasteiger partial charge in [0.05, 0.1) is 11.9 Å². The SMILES string of the molecule is [2H]C([2H])([2H])Nc1cc(Nc2cccc3c2OCCO3)nc2c(NC(=O)NC)cnn12. The number of urea groups is 1. The molecule has 2 aromatic heterocycles. The summed E-state index contributed by atoms with van der Waals surface area (Å²) in [4.78, 5) is 16.2. The average Bonchev–Trinajstić information content (AvgIpc) is 3.10. The van der Waals surface area contributed by atoms with Gasteiger partial charge in [0.2, 0.25) is 0 Å².